The van der Waals surface area contributed by atoms with Gasteiger partial charge in [0.15, 0.2) is 0 Å². The van der Waals surface area contributed by atoms with E-state index in [0.29, 0.717) is 30.0 Å². The summed E-state index contributed by atoms with van der Waals surface area (Å²) in [5, 5.41) is 0. The third kappa shape index (κ3) is 3.51. The Morgan fingerprint density at radius 3 is 2.46 bits per heavy atom. The minimum Gasteiger partial charge on any atom is -0.496 e. The molecule has 0 spiro atoms. The number of hydrogen-bond acceptors (Lipinski definition) is 4. The fourth-order valence-electron chi connectivity index (χ4n) is 7.87. The Kier molecular flexibility index (Phi) is 6.11. The van der Waals surface area contributed by atoms with Crippen LogP contribution in [0.25, 0.3) is 5.57 Å². The number of carbonyl (C=O) groups excluding carboxylic acids is 2. The standard InChI is InChI=1S/C33H34N2O4/c1-21-13-15-23(16-14-21)32-18-17-27(25-10-5-7-11-26(25)32)33(31(37)34-39-4)20-35(19-29(32)33)30(36)22(2)24-9-6-8-12-28(24)38-3/h5-16,27,29H,2,17-20H2,1,3-4H3,(H,34,37). The summed E-state index contributed by atoms with van der Waals surface area (Å²) in [5.74, 6) is 0.0947. The number of methoxy groups -OCH3 is 1. The van der Waals surface area contributed by atoms with Gasteiger partial charge in [-0.05, 0) is 42.5 Å². The Morgan fingerprint density at radius 2 is 1.72 bits per heavy atom. The zero-order valence-corrected chi connectivity index (χ0v) is 22.7. The van der Waals surface area contributed by atoms with E-state index in [1.165, 1.54) is 29.4 Å². The van der Waals surface area contributed by atoms with Crippen LogP contribution in [0.3, 0.4) is 0 Å². The summed E-state index contributed by atoms with van der Waals surface area (Å²) < 4.78 is 5.52. The molecule has 3 aromatic rings. The third-order valence-electron chi connectivity index (χ3n) is 9.50. The first kappa shape index (κ1) is 25.4. The van der Waals surface area contributed by atoms with Crippen molar-refractivity contribution < 1.29 is 19.2 Å². The Labute approximate surface area is 229 Å². The van der Waals surface area contributed by atoms with E-state index in [0.717, 1.165) is 12.8 Å². The summed E-state index contributed by atoms with van der Waals surface area (Å²) >= 11 is 0. The molecular formula is C33H34N2O4. The maximum absolute atomic E-state index is 14.1. The normalized spacial score (nSPS) is 26.5. The van der Waals surface area contributed by atoms with E-state index in [1.54, 1.807) is 7.11 Å². The molecule has 6 nitrogen and oxygen atoms in total. The molecular weight excluding hydrogens is 488 g/mol. The molecule has 0 aromatic heterocycles. The van der Waals surface area contributed by atoms with Crippen LogP contribution >= 0.6 is 0 Å². The highest BCUT2D eigenvalue weighted by molar-refractivity contribution is 6.19. The highest BCUT2D eigenvalue weighted by Gasteiger charge is 2.70. The van der Waals surface area contributed by atoms with Gasteiger partial charge in [-0.2, -0.15) is 0 Å². The van der Waals surface area contributed by atoms with E-state index >= 15 is 0 Å². The summed E-state index contributed by atoms with van der Waals surface area (Å²) in [4.78, 5) is 35.3. The van der Waals surface area contributed by atoms with Crippen molar-refractivity contribution in [2.75, 3.05) is 27.3 Å². The fourth-order valence-corrected chi connectivity index (χ4v) is 7.87. The van der Waals surface area contributed by atoms with Gasteiger partial charge in [0.25, 0.3) is 11.8 Å². The van der Waals surface area contributed by atoms with Gasteiger partial charge in [-0.3, -0.25) is 14.4 Å². The average molecular weight is 523 g/mol. The molecule has 1 aliphatic heterocycles. The van der Waals surface area contributed by atoms with Crippen molar-refractivity contribution in [1.82, 2.24) is 10.4 Å². The number of benzene rings is 3. The minimum atomic E-state index is -0.843. The number of likely N-dealkylation sites (tertiary alicyclic amines) is 1. The topological polar surface area (TPSA) is 67.9 Å². The first-order valence-electron chi connectivity index (χ1n) is 13.5. The number of nitrogens with zero attached hydrogens (tertiary/aromatic N) is 1. The number of fused-ring (bicyclic) bond motifs is 1. The van der Waals surface area contributed by atoms with Crippen LogP contribution in [0.4, 0.5) is 0 Å². The molecule has 0 radical (unpaired) electrons. The molecule has 1 N–H and O–H groups in total. The zero-order valence-electron chi connectivity index (χ0n) is 22.7. The monoisotopic (exact) mass is 522 g/mol. The van der Waals surface area contributed by atoms with Gasteiger partial charge >= 0.3 is 0 Å². The Balaban J connectivity index is 1.51. The second-order valence-electron chi connectivity index (χ2n) is 11.1. The number of ether oxygens (including phenoxy) is 1. The largest absolute Gasteiger partial charge is 0.496 e. The van der Waals surface area contributed by atoms with Crippen molar-refractivity contribution in [2.24, 2.45) is 11.3 Å². The molecule has 39 heavy (non-hydrogen) atoms. The SMILES string of the molecule is C=C(C(=O)N1CC2C3(c4ccc(C)cc4)CCC(c4ccccc43)C2(C(=O)NOC)C1)c1ccccc1OC. The minimum absolute atomic E-state index is 0.0292. The summed E-state index contributed by atoms with van der Waals surface area (Å²) in [7, 11) is 3.06. The maximum atomic E-state index is 14.1. The van der Waals surface area contributed by atoms with Crippen LogP contribution in [0.15, 0.2) is 79.4 Å². The van der Waals surface area contributed by atoms with Crippen molar-refractivity contribution >= 4 is 17.4 Å². The number of carbonyl (C=O) groups is 2. The summed E-state index contributed by atoms with van der Waals surface area (Å²) in [6, 6.07) is 24.6. The van der Waals surface area contributed by atoms with Crippen LogP contribution < -0.4 is 10.2 Å². The molecule has 2 amide bonds. The molecule has 6 heteroatoms. The zero-order chi connectivity index (χ0) is 27.4. The van der Waals surface area contributed by atoms with Crippen molar-refractivity contribution in [1.29, 1.82) is 0 Å². The van der Waals surface area contributed by atoms with Gasteiger partial charge in [-0.1, -0.05) is 78.9 Å². The second-order valence-corrected chi connectivity index (χ2v) is 11.1. The van der Waals surface area contributed by atoms with Gasteiger partial charge in [0, 0.05) is 41.5 Å². The molecule has 4 atom stereocenters. The van der Waals surface area contributed by atoms with Gasteiger partial charge in [-0.25, -0.2) is 5.48 Å². The van der Waals surface area contributed by atoms with Crippen LogP contribution in [-0.4, -0.2) is 44.0 Å². The van der Waals surface area contributed by atoms with Crippen LogP contribution in [-0.2, 0) is 19.8 Å². The van der Waals surface area contributed by atoms with Gasteiger partial charge in [-0.15, -0.1) is 0 Å². The number of rotatable bonds is 6. The quantitative estimate of drug-likeness (QED) is 0.365. The average Bonchev–Trinajstić information content (AvgIpc) is 3.41. The Morgan fingerprint density at radius 1 is 1.00 bits per heavy atom. The highest BCUT2D eigenvalue weighted by Crippen LogP contribution is 2.69. The van der Waals surface area contributed by atoms with Gasteiger partial charge in [0.05, 0.1) is 19.6 Å². The fraction of sp³-hybridized carbons (Fsp3) is 0.333. The lowest BCUT2D eigenvalue weighted by atomic mass is 9.42. The van der Waals surface area contributed by atoms with Gasteiger partial charge in [0.1, 0.15) is 5.75 Å². The van der Waals surface area contributed by atoms with Crippen LogP contribution in [0, 0.1) is 18.3 Å². The predicted molar refractivity (Wildman–Crippen MR) is 150 cm³/mol. The van der Waals surface area contributed by atoms with E-state index in [-0.39, 0.29) is 23.7 Å². The molecule has 2 bridgehead atoms. The molecule has 1 saturated carbocycles. The van der Waals surface area contributed by atoms with Crippen LogP contribution in [0.2, 0.25) is 0 Å². The molecule has 1 heterocycles. The van der Waals surface area contributed by atoms with Crippen molar-refractivity contribution in [3.05, 3.63) is 107 Å². The number of hydrogen-bond donors (Lipinski definition) is 1. The molecule has 4 aliphatic rings. The molecule has 2 fully saturated rings. The Hall–Kier alpha value is -3.90. The third-order valence-corrected chi connectivity index (χ3v) is 9.50. The molecule has 3 aliphatic carbocycles. The van der Waals surface area contributed by atoms with Crippen LogP contribution in [0.5, 0.6) is 5.75 Å². The van der Waals surface area contributed by atoms with Gasteiger partial charge in [0.2, 0.25) is 0 Å². The summed E-state index contributed by atoms with van der Waals surface area (Å²) in [6.45, 7) is 7.01. The number of nitrogens with one attached hydrogen (secondary N) is 1. The van der Waals surface area contributed by atoms with E-state index < -0.39 is 10.8 Å². The molecule has 4 unspecified atom stereocenters. The predicted octanol–water partition coefficient (Wildman–Crippen LogP) is 5.02. The van der Waals surface area contributed by atoms with E-state index in [4.69, 9.17) is 9.57 Å². The Bertz CT molecular complexity index is 1460. The van der Waals surface area contributed by atoms with Crippen molar-refractivity contribution in [3.63, 3.8) is 0 Å². The van der Waals surface area contributed by atoms with Crippen LogP contribution in [0.1, 0.15) is 46.6 Å². The smallest absolute Gasteiger partial charge is 0.254 e. The van der Waals surface area contributed by atoms with Crippen molar-refractivity contribution in [3.8, 4) is 5.75 Å². The summed E-state index contributed by atoms with van der Waals surface area (Å²) in [6.07, 6.45) is 1.77. The van der Waals surface area contributed by atoms with Gasteiger partial charge < -0.3 is 9.64 Å². The lowest BCUT2D eigenvalue weighted by molar-refractivity contribution is -0.150. The number of amides is 2. The lowest BCUT2D eigenvalue weighted by Crippen LogP contribution is -2.62. The first-order valence-corrected chi connectivity index (χ1v) is 13.5. The first-order chi connectivity index (χ1) is 18.9. The molecule has 3 aromatic carbocycles. The van der Waals surface area contributed by atoms with E-state index in [2.05, 4.69) is 67.5 Å². The van der Waals surface area contributed by atoms with E-state index in [1.807, 2.05) is 29.2 Å². The highest BCUT2D eigenvalue weighted by atomic mass is 16.6. The maximum Gasteiger partial charge on any atom is 0.254 e. The second kappa shape index (κ2) is 9.38. The molecule has 7 rings (SSSR count). The summed E-state index contributed by atoms with van der Waals surface area (Å²) in [5.41, 5.74) is 7.31. The molecule has 200 valence electrons. The lowest BCUT2D eigenvalue weighted by Gasteiger charge is -2.60. The van der Waals surface area contributed by atoms with E-state index in [9.17, 15) is 9.59 Å². The number of aryl methyl sites for hydroxylation is 1. The molecule has 1 saturated heterocycles. The number of para-hydroxylation sites is 1. The number of hydroxylamine groups is 1. The van der Waals surface area contributed by atoms with Crippen molar-refractivity contribution in [2.45, 2.75) is 31.1 Å².